The molecule has 122 valence electrons. The lowest BCUT2D eigenvalue weighted by molar-refractivity contribution is 0.00108. The van der Waals surface area contributed by atoms with Crippen molar-refractivity contribution >= 4 is 21.6 Å². The summed E-state index contributed by atoms with van der Waals surface area (Å²) in [6.45, 7) is 5.40. The van der Waals surface area contributed by atoms with Crippen LogP contribution in [0.2, 0.25) is 0 Å². The summed E-state index contributed by atoms with van der Waals surface area (Å²) < 4.78 is 13.7. The average Bonchev–Trinajstić information content (AvgIpc) is 2.45. The Morgan fingerprint density at radius 2 is 1.96 bits per heavy atom. The Balaban J connectivity index is 2.64. The molecule has 0 amide bonds. The molecule has 0 saturated heterocycles. The van der Waals surface area contributed by atoms with Crippen molar-refractivity contribution in [3.8, 4) is 11.5 Å². The highest BCUT2D eigenvalue weighted by molar-refractivity contribution is 9.10. The minimum Gasteiger partial charge on any atom is -0.507 e. The highest BCUT2D eigenvalue weighted by Gasteiger charge is 2.21. The Morgan fingerprint density at radius 3 is 2.57 bits per heavy atom. The molecule has 0 bridgehead atoms. The van der Waals surface area contributed by atoms with Gasteiger partial charge in [0.1, 0.15) is 34.3 Å². The first kappa shape index (κ1) is 17.2. The van der Waals surface area contributed by atoms with Gasteiger partial charge in [0.15, 0.2) is 0 Å². The third kappa shape index (κ3) is 4.19. The molecule has 0 atom stereocenters. The number of rotatable bonds is 3. The van der Waals surface area contributed by atoms with E-state index >= 15 is 0 Å². The first-order valence-corrected chi connectivity index (χ1v) is 7.57. The van der Waals surface area contributed by atoms with E-state index in [1.165, 1.54) is 18.3 Å². The molecule has 0 aliphatic rings. The number of oxime groups is 1. The molecule has 0 radical (unpaired) electrons. The summed E-state index contributed by atoms with van der Waals surface area (Å²) in [5.74, 6) is -1.09. The van der Waals surface area contributed by atoms with Gasteiger partial charge in [-0.2, -0.15) is 0 Å². The van der Waals surface area contributed by atoms with Crippen LogP contribution in [0.15, 0.2) is 40.1 Å². The van der Waals surface area contributed by atoms with Crippen molar-refractivity contribution in [1.29, 1.82) is 0 Å². The summed E-state index contributed by atoms with van der Waals surface area (Å²) in [5, 5.41) is 24.1. The first-order chi connectivity index (χ1) is 10.7. The minimum atomic E-state index is -0.618. The molecule has 0 aliphatic carbocycles. The number of hydrogen-bond donors (Lipinski definition) is 2. The van der Waals surface area contributed by atoms with E-state index in [2.05, 4.69) is 26.1 Å². The predicted molar refractivity (Wildman–Crippen MR) is 88.1 cm³/mol. The van der Waals surface area contributed by atoms with Gasteiger partial charge in [0, 0.05) is 17.8 Å². The van der Waals surface area contributed by atoms with E-state index in [-0.39, 0.29) is 32.9 Å². The fourth-order valence-corrected chi connectivity index (χ4v) is 2.05. The molecule has 0 fully saturated rings. The lowest BCUT2D eigenvalue weighted by Crippen LogP contribution is -2.18. The Bertz CT molecular complexity index is 757. The van der Waals surface area contributed by atoms with Crippen molar-refractivity contribution in [2.24, 2.45) is 5.16 Å². The Kier molecular flexibility index (Phi) is 4.89. The summed E-state index contributed by atoms with van der Waals surface area (Å²) in [5.41, 5.74) is -0.207. The molecule has 5 nitrogen and oxygen atoms in total. The van der Waals surface area contributed by atoms with E-state index in [9.17, 15) is 14.6 Å². The fraction of sp³-hybridized carbons (Fsp3) is 0.250. The second kappa shape index (κ2) is 6.54. The zero-order chi connectivity index (χ0) is 17.2. The highest BCUT2D eigenvalue weighted by Crippen LogP contribution is 2.30. The van der Waals surface area contributed by atoms with Crippen molar-refractivity contribution in [1.82, 2.24) is 4.98 Å². The molecular formula is C16H16BrFN2O3. The van der Waals surface area contributed by atoms with Gasteiger partial charge in [-0.3, -0.25) is 4.98 Å². The van der Waals surface area contributed by atoms with E-state index < -0.39 is 11.4 Å². The molecule has 1 aromatic heterocycles. The molecule has 1 aromatic carbocycles. The molecule has 0 saturated carbocycles. The number of aromatic nitrogens is 1. The quantitative estimate of drug-likeness (QED) is 0.622. The van der Waals surface area contributed by atoms with Crippen molar-refractivity contribution < 1.29 is 19.4 Å². The normalized spacial score (nSPS) is 12.3. The summed E-state index contributed by atoms with van der Waals surface area (Å²) >= 11 is 3.07. The van der Waals surface area contributed by atoms with Gasteiger partial charge in [0.25, 0.3) is 0 Å². The lowest BCUT2D eigenvalue weighted by Gasteiger charge is -2.17. The van der Waals surface area contributed by atoms with Gasteiger partial charge < -0.3 is 15.1 Å². The maximum absolute atomic E-state index is 13.5. The standard InChI is InChI=1S/C16H16BrFN2O3/c1-16(2,3)23-20-14(15-12(21)5-4-6-19-15)9-7-10(17)11(18)8-13(9)22/h4-8,21-22H,1-3H3/b20-14-. The van der Waals surface area contributed by atoms with E-state index in [1.54, 1.807) is 26.8 Å². The number of nitrogens with zero attached hydrogens (tertiary/aromatic N) is 2. The van der Waals surface area contributed by atoms with Gasteiger partial charge in [-0.05, 0) is 54.9 Å². The summed E-state index contributed by atoms with van der Waals surface area (Å²) in [6.07, 6.45) is 1.47. The summed E-state index contributed by atoms with van der Waals surface area (Å²) in [6, 6.07) is 5.29. The summed E-state index contributed by atoms with van der Waals surface area (Å²) in [4.78, 5) is 9.47. The average molecular weight is 383 g/mol. The van der Waals surface area contributed by atoms with Crippen LogP contribution in [0.3, 0.4) is 0 Å². The van der Waals surface area contributed by atoms with Gasteiger partial charge in [0.05, 0.1) is 4.47 Å². The molecular weight excluding hydrogens is 367 g/mol. The van der Waals surface area contributed by atoms with E-state index in [0.29, 0.717) is 0 Å². The first-order valence-electron chi connectivity index (χ1n) is 6.78. The molecule has 0 unspecified atom stereocenters. The van der Waals surface area contributed by atoms with Crippen LogP contribution >= 0.6 is 15.9 Å². The van der Waals surface area contributed by atoms with Crippen LogP contribution in [0.25, 0.3) is 0 Å². The third-order valence-electron chi connectivity index (χ3n) is 2.72. The topological polar surface area (TPSA) is 74.9 Å². The van der Waals surface area contributed by atoms with Crippen molar-refractivity contribution in [2.45, 2.75) is 26.4 Å². The fourth-order valence-electron chi connectivity index (χ4n) is 1.71. The summed E-state index contributed by atoms with van der Waals surface area (Å²) in [7, 11) is 0. The van der Waals surface area contributed by atoms with Crippen LogP contribution in [-0.4, -0.2) is 26.5 Å². The Morgan fingerprint density at radius 1 is 1.26 bits per heavy atom. The van der Waals surface area contributed by atoms with Gasteiger partial charge in [-0.1, -0.05) is 5.16 Å². The van der Waals surface area contributed by atoms with E-state index in [4.69, 9.17) is 4.84 Å². The molecule has 0 spiro atoms. The van der Waals surface area contributed by atoms with Gasteiger partial charge in [-0.25, -0.2) is 4.39 Å². The number of phenols is 1. The minimum absolute atomic E-state index is 0.0937. The molecule has 1 heterocycles. The van der Waals surface area contributed by atoms with Crippen LogP contribution in [0.5, 0.6) is 11.5 Å². The number of aromatic hydroxyl groups is 2. The van der Waals surface area contributed by atoms with Crippen LogP contribution in [-0.2, 0) is 4.84 Å². The number of pyridine rings is 1. The Labute approximate surface area is 141 Å². The number of halogens is 2. The molecule has 23 heavy (non-hydrogen) atoms. The Hall–Kier alpha value is -2.15. The van der Waals surface area contributed by atoms with Crippen molar-refractivity contribution in [2.75, 3.05) is 0 Å². The largest absolute Gasteiger partial charge is 0.507 e. The van der Waals surface area contributed by atoms with Crippen LogP contribution in [0.4, 0.5) is 4.39 Å². The van der Waals surface area contributed by atoms with Gasteiger partial charge in [-0.15, -0.1) is 0 Å². The number of phenolic OH excluding ortho intramolecular Hbond substituents is 1. The van der Waals surface area contributed by atoms with E-state index in [1.807, 2.05) is 0 Å². The van der Waals surface area contributed by atoms with Crippen LogP contribution in [0, 0.1) is 5.82 Å². The second-order valence-corrected chi connectivity index (χ2v) is 6.65. The van der Waals surface area contributed by atoms with Gasteiger partial charge >= 0.3 is 0 Å². The molecule has 2 rings (SSSR count). The van der Waals surface area contributed by atoms with Crippen molar-refractivity contribution in [3.05, 3.63) is 52.0 Å². The molecule has 0 aliphatic heterocycles. The monoisotopic (exact) mass is 382 g/mol. The van der Waals surface area contributed by atoms with Gasteiger partial charge in [0.2, 0.25) is 0 Å². The molecule has 7 heteroatoms. The van der Waals surface area contributed by atoms with Crippen molar-refractivity contribution in [3.63, 3.8) is 0 Å². The zero-order valence-electron chi connectivity index (χ0n) is 12.8. The van der Waals surface area contributed by atoms with Crippen LogP contribution in [0.1, 0.15) is 32.0 Å². The zero-order valence-corrected chi connectivity index (χ0v) is 14.4. The third-order valence-corrected chi connectivity index (χ3v) is 3.32. The molecule has 2 N–H and O–H groups in total. The van der Waals surface area contributed by atoms with E-state index in [0.717, 1.165) is 6.07 Å². The number of benzene rings is 1. The predicted octanol–water partition coefficient (Wildman–Crippen LogP) is 3.96. The maximum Gasteiger partial charge on any atom is 0.143 e. The highest BCUT2D eigenvalue weighted by atomic mass is 79.9. The maximum atomic E-state index is 13.5. The number of hydrogen-bond acceptors (Lipinski definition) is 5. The smallest absolute Gasteiger partial charge is 0.143 e. The van der Waals surface area contributed by atoms with Crippen LogP contribution < -0.4 is 0 Å². The SMILES string of the molecule is CC(C)(C)O/N=C(/c1cc(Br)c(F)cc1O)c1ncccc1O. The lowest BCUT2D eigenvalue weighted by atomic mass is 10.0. The second-order valence-electron chi connectivity index (χ2n) is 5.80. The molecule has 2 aromatic rings.